The van der Waals surface area contributed by atoms with Crippen LogP contribution >= 0.6 is 0 Å². The molecule has 2 rings (SSSR count). The lowest BCUT2D eigenvalue weighted by molar-refractivity contribution is 0.554. The van der Waals surface area contributed by atoms with Crippen LogP contribution in [0.5, 0.6) is 0 Å². The number of imidazole rings is 1. The summed E-state index contributed by atoms with van der Waals surface area (Å²) < 4.78 is 0. The molecular formula is C14H19N3. The molecule has 0 atom stereocenters. The first-order chi connectivity index (χ1) is 8.00. The van der Waals surface area contributed by atoms with Crippen molar-refractivity contribution < 1.29 is 0 Å². The van der Waals surface area contributed by atoms with Gasteiger partial charge in [0.2, 0.25) is 0 Å². The van der Waals surface area contributed by atoms with Gasteiger partial charge in [-0.1, -0.05) is 39.0 Å². The van der Waals surface area contributed by atoms with E-state index in [1.54, 1.807) is 0 Å². The van der Waals surface area contributed by atoms with Gasteiger partial charge in [-0.2, -0.15) is 0 Å². The highest BCUT2D eigenvalue weighted by Crippen LogP contribution is 2.23. The SMILES string of the molecule is CC(C)(C)c1nc2ccc(/C=C/CN)cc2[nH]1. The summed E-state index contributed by atoms with van der Waals surface area (Å²) in [4.78, 5) is 7.98. The molecule has 0 aliphatic rings. The maximum atomic E-state index is 5.44. The highest BCUT2D eigenvalue weighted by atomic mass is 14.9. The molecule has 3 nitrogen and oxygen atoms in total. The number of aromatic nitrogens is 2. The van der Waals surface area contributed by atoms with Crippen LogP contribution in [0.25, 0.3) is 17.1 Å². The molecule has 0 bridgehead atoms. The average Bonchev–Trinajstić information content (AvgIpc) is 2.68. The lowest BCUT2D eigenvalue weighted by atomic mass is 9.96. The van der Waals surface area contributed by atoms with Gasteiger partial charge in [-0.15, -0.1) is 0 Å². The molecule has 2 aromatic rings. The molecule has 0 fully saturated rings. The third-order valence-electron chi connectivity index (χ3n) is 2.66. The quantitative estimate of drug-likeness (QED) is 0.832. The van der Waals surface area contributed by atoms with E-state index in [4.69, 9.17) is 5.73 Å². The fraction of sp³-hybridized carbons (Fsp3) is 0.357. The summed E-state index contributed by atoms with van der Waals surface area (Å²) in [5, 5.41) is 0. The topological polar surface area (TPSA) is 54.7 Å². The molecule has 90 valence electrons. The number of fused-ring (bicyclic) bond motifs is 1. The van der Waals surface area contributed by atoms with Crippen molar-refractivity contribution in [3.05, 3.63) is 35.7 Å². The normalized spacial score (nSPS) is 12.7. The number of aromatic amines is 1. The van der Waals surface area contributed by atoms with Crippen molar-refractivity contribution in [2.75, 3.05) is 6.54 Å². The van der Waals surface area contributed by atoms with Gasteiger partial charge in [0.25, 0.3) is 0 Å². The first kappa shape index (κ1) is 11.9. The second-order valence-electron chi connectivity index (χ2n) is 5.25. The summed E-state index contributed by atoms with van der Waals surface area (Å²) in [6.07, 6.45) is 3.97. The van der Waals surface area contributed by atoms with Gasteiger partial charge in [-0.3, -0.25) is 0 Å². The van der Waals surface area contributed by atoms with E-state index in [0.717, 1.165) is 22.4 Å². The number of nitrogens with two attached hydrogens (primary N) is 1. The standard InChI is InChI=1S/C14H19N3/c1-14(2,3)13-16-11-7-6-10(5-4-8-15)9-12(11)17-13/h4-7,9H,8,15H2,1-3H3,(H,16,17)/b5-4+. The molecule has 0 aliphatic carbocycles. The molecule has 3 heteroatoms. The van der Waals surface area contributed by atoms with Crippen molar-refractivity contribution in [1.82, 2.24) is 9.97 Å². The smallest absolute Gasteiger partial charge is 0.112 e. The van der Waals surface area contributed by atoms with E-state index in [2.05, 4.69) is 42.9 Å². The summed E-state index contributed by atoms with van der Waals surface area (Å²) in [6, 6.07) is 6.20. The van der Waals surface area contributed by atoms with Crippen LogP contribution in [0, 0.1) is 0 Å². The predicted molar refractivity (Wildman–Crippen MR) is 72.9 cm³/mol. The van der Waals surface area contributed by atoms with Crippen LogP contribution in [0.15, 0.2) is 24.3 Å². The van der Waals surface area contributed by atoms with Crippen molar-refractivity contribution in [3.8, 4) is 0 Å². The predicted octanol–water partition coefficient (Wildman–Crippen LogP) is 2.83. The minimum Gasteiger partial charge on any atom is -0.342 e. The van der Waals surface area contributed by atoms with Crippen LogP contribution < -0.4 is 5.73 Å². The largest absolute Gasteiger partial charge is 0.342 e. The number of benzene rings is 1. The van der Waals surface area contributed by atoms with Crippen molar-refractivity contribution in [1.29, 1.82) is 0 Å². The maximum absolute atomic E-state index is 5.44. The molecular weight excluding hydrogens is 210 g/mol. The lowest BCUT2D eigenvalue weighted by Gasteiger charge is -2.13. The molecule has 0 spiro atoms. The van der Waals surface area contributed by atoms with Crippen LogP contribution in [0.4, 0.5) is 0 Å². The molecule has 1 heterocycles. The van der Waals surface area contributed by atoms with E-state index >= 15 is 0 Å². The number of H-pyrrole nitrogens is 1. The monoisotopic (exact) mass is 229 g/mol. The second kappa shape index (κ2) is 4.34. The van der Waals surface area contributed by atoms with E-state index in [9.17, 15) is 0 Å². The Labute approximate surface area is 102 Å². The van der Waals surface area contributed by atoms with Crippen LogP contribution in [-0.2, 0) is 5.41 Å². The number of rotatable bonds is 2. The molecule has 17 heavy (non-hydrogen) atoms. The Hall–Kier alpha value is -1.61. The third kappa shape index (κ3) is 2.56. The van der Waals surface area contributed by atoms with Gasteiger partial charge in [0.05, 0.1) is 11.0 Å². The molecule has 1 aromatic heterocycles. The van der Waals surface area contributed by atoms with Crippen molar-refractivity contribution in [2.45, 2.75) is 26.2 Å². The molecule has 3 N–H and O–H groups in total. The Morgan fingerprint density at radius 3 is 2.76 bits per heavy atom. The lowest BCUT2D eigenvalue weighted by Crippen LogP contribution is -2.12. The number of nitrogens with zero attached hydrogens (tertiary/aromatic N) is 1. The second-order valence-corrected chi connectivity index (χ2v) is 5.25. The minimum absolute atomic E-state index is 0.0479. The maximum Gasteiger partial charge on any atom is 0.112 e. The Bertz CT molecular complexity index is 544. The Balaban J connectivity index is 2.44. The zero-order valence-electron chi connectivity index (χ0n) is 10.6. The highest BCUT2D eigenvalue weighted by molar-refractivity contribution is 5.78. The summed E-state index contributed by atoms with van der Waals surface area (Å²) in [5.74, 6) is 1.02. The summed E-state index contributed by atoms with van der Waals surface area (Å²) in [6.45, 7) is 7.02. The van der Waals surface area contributed by atoms with Gasteiger partial charge >= 0.3 is 0 Å². The van der Waals surface area contributed by atoms with E-state index in [-0.39, 0.29) is 5.41 Å². The zero-order chi connectivity index (χ0) is 12.5. The third-order valence-corrected chi connectivity index (χ3v) is 2.66. The Morgan fingerprint density at radius 2 is 2.12 bits per heavy atom. The molecule has 0 radical (unpaired) electrons. The van der Waals surface area contributed by atoms with E-state index < -0.39 is 0 Å². The molecule has 0 saturated heterocycles. The van der Waals surface area contributed by atoms with Gasteiger partial charge in [0.15, 0.2) is 0 Å². The van der Waals surface area contributed by atoms with Gasteiger partial charge < -0.3 is 10.7 Å². The number of hydrogen-bond acceptors (Lipinski definition) is 2. The van der Waals surface area contributed by atoms with E-state index in [1.165, 1.54) is 0 Å². The fourth-order valence-electron chi connectivity index (χ4n) is 1.69. The first-order valence-corrected chi connectivity index (χ1v) is 5.87. The van der Waals surface area contributed by atoms with Crippen molar-refractivity contribution in [3.63, 3.8) is 0 Å². The minimum atomic E-state index is 0.0479. The van der Waals surface area contributed by atoms with Crippen molar-refractivity contribution >= 4 is 17.1 Å². The molecule has 1 aromatic carbocycles. The van der Waals surface area contributed by atoms with Crippen molar-refractivity contribution in [2.24, 2.45) is 5.73 Å². The van der Waals surface area contributed by atoms with Gasteiger partial charge in [-0.05, 0) is 17.7 Å². The Kier molecular flexibility index (Phi) is 3.03. The molecule has 0 saturated carbocycles. The van der Waals surface area contributed by atoms with Crippen LogP contribution in [0.2, 0.25) is 0 Å². The average molecular weight is 229 g/mol. The Morgan fingerprint density at radius 1 is 1.35 bits per heavy atom. The van der Waals surface area contributed by atoms with Crippen LogP contribution in [0.1, 0.15) is 32.2 Å². The zero-order valence-corrected chi connectivity index (χ0v) is 10.6. The highest BCUT2D eigenvalue weighted by Gasteiger charge is 2.17. The summed E-state index contributed by atoms with van der Waals surface area (Å²) in [5.41, 5.74) is 8.73. The molecule has 0 amide bonds. The summed E-state index contributed by atoms with van der Waals surface area (Å²) >= 11 is 0. The molecule has 0 unspecified atom stereocenters. The first-order valence-electron chi connectivity index (χ1n) is 5.87. The van der Waals surface area contributed by atoms with Gasteiger partial charge in [0.1, 0.15) is 5.82 Å². The van der Waals surface area contributed by atoms with Crippen LogP contribution in [0.3, 0.4) is 0 Å². The summed E-state index contributed by atoms with van der Waals surface area (Å²) in [7, 11) is 0. The van der Waals surface area contributed by atoms with Crippen LogP contribution in [-0.4, -0.2) is 16.5 Å². The van der Waals surface area contributed by atoms with E-state index in [0.29, 0.717) is 6.54 Å². The van der Waals surface area contributed by atoms with Gasteiger partial charge in [0, 0.05) is 12.0 Å². The number of hydrogen-bond donors (Lipinski definition) is 2. The fourth-order valence-corrected chi connectivity index (χ4v) is 1.69. The molecule has 0 aliphatic heterocycles. The van der Waals surface area contributed by atoms with Gasteiger partial charge in [-0.25, -0.2) is 4.98 Å². The number of nitrogens with one attached hydrogen (secondary N) is 1. The van der Waals surface area contributed by atoms with E-state index in [1.807, 2.05) is 18.2 Å².